The molecule has 1 aromatic heterocycles. The molecule has 0 unspecified atom stereocenters. The molecule has 1 fully saturated rings. The molecule has 2 rings (SSSR count). The molecule has 1 heterocycles. The normalized spacial score (nSPS) is 16.6. The van der Waals surface area contributed by atoms with Crippen LogP contribution in [0, 0.1) is 0 Å². The van der Waals surface area contributed by atoms with Gasteiger partial charge in [0, 0.05) is 31.7 Å². The monoisotopic (exact) mass is 254 g/mol. The van der Waals surface area contributed by atoms with Crippen molar-refractivity contribution < 1.29 is 4.74 Å². The summed E-state index contributed by atoms with van der Waals surface area (Å²) >= 11 is 6.06. The quantitative estimate of drug-likeness (QED) is 0.597. The maximum absolute atomic E-state index is 6.06. The van der Waals surface area contributed by atoms with Gasteiger partial charge in [-0.15, -0.1) is 0 Å². The fraction of sp³-hybridized carbons (Fsp3) is 0.692. The Labute approximate surface area is 108 Å². The molecule has 0 N–H and O–H groups in total. The first-order chi connectivity index (χ1) is 8.29. The number of nitrogens with zero attached hydrogens (tertiary/aromatic N) is 2. The molecule has 0 radical (unpaired) electrons. The third-order valence-corrected chi connectivity index (χ3v) is 3.48. The van der Waals surface area contributed by atoms with Crippen LogP contribution in [0.5, 0.6) is 0 Å². The van der Waals surface area contributed by atoms with Crippen LogP contribution in [0.2, 0.25) is 5.15 Å². The van der Waals surface area contributed by atoms with Crippen LogP contribution >= 0.6 is 11.6 Å². The number of ether oxygens (including phenoxy) is 1. The number of methoxy groups -OCH3 is 1. The maximum atomic E-state index is 6.06. The second-order valence-electron chi connectivity index (χ2n) is 4.61. The Morgan fingerprint density at radius 1 is 1.35 bits per heavy atom. The summed E-state index contributed by atoms with van der Waals surface area (Å²) in [5, 5.41) is 0.578. The summed E-state index contributed by atoms with van der Waals surface area (Å²) in [6.07, 6.45) is 6.89. The Bertz CT molecular complexity index is 364. The van der Waals surface area contributed by atoms with Crippen LogP contribution in [0.3, 0.4) is 0 Å². The summed E-state index contributed by atoms with van der Waals surface area (Å²) < 4.78 is 5.04. The van der Waals surface area contributed by atoms with Crippen molar-refractivity contribution in [2.75, 3.05) is 13.7 Å². The zero-order chi connectivity index (χ0) is 12.1. The van der Waals surface area contributed by atoms with Crippen molar-refractivity contribution in [3.8, 4) is 0 Å². The third-order valence-electron chi connectivity index (χ3n) is 3.28. The summed E-state index contributed by atoms with van der Waals surface area (Å²) in [5.74, 6) is 1.45. The predicted molar refractivity (Wildman–Crippen MR) is 68.4 cm³/mol. The first-order valence-electron chi connectivity index (χ1n) is 6.32. The highest BCUT2D eigenvalue weighted by Gasteiger charge is 2.19. The van der Waals surface area contributed by atoms with Crippen LogP contribution in [-0.4, -0.2) is 23.7 Å². The van der Waals surface area contributed by atoms with Crippen molar-refractivity contribution in [3.05, 3.63) is 22.7 Å². The second kappa shape index (κ2) is 6.31. The molecule has 0 aliphatic heterocycles. The van der Waals surface area contributed by atoms with Crippen molar-refractivity contribution in [2.45, 2.75) is 44.4 Å². The van der Waals surface area contributed by atoms with E-state index in [1.54, 1.807) is 7.11 Å². The van der Waals surface area contributed by atoms with E-state index in [9.17, 15) is 0 Å². The molecule has 4 heteroatoms. The maximum Gasteiger partial charge on any atom is 0.133 e. The van der Waals surface area contributed by atoms with E-state index in [0.717, 1.165) is 31.0 Å². The fourth-order valence-corrected chi connectivity index (χ4v) is 2.61. The van der Waals surface area contributed by atoms with Gasteiger partial charge in [-0.05, 0) is 25.3 Å². The Kier molecular flexibility index (Phi) is 4.75. The van der Waals surface area contributed by atoms with E-state index in [-0.39, 0.29) is 0 Å². The highest BCUT2D eigenvalue weighted by Crippen LogP contribution is 2.33. The minimum absolute atomic E-state index is 0.578. The number of hydrogen-bond donors (Lipinski definition) is 0. The Hall–Kier alpha value is -0.670. The highest BCUT2D eigenvalue weighted by atomic mass is 35.5. The van der Waals surface area contributed by atoms with Crippen LogP contribution < -0.4 is 0 Å². The minimum atomic E-state index is 0.578. The van der Waals surface area contributed by atoms with Crippen LogP contribution in [0.1, 0.15) is 49.5 Å². The number of halogens is 1. The van der Waals surface area contributed by atoms with Crippen LogP contribution in [0.4, 0.5) is 0 Å². The Balaban J connectivity index is 2.05. The van der Waals surface area contributed by atoms with Crippen molar-refractivity contribution in [2.24, 2.45) is 0 Å². The molecule has 0 aromatic carbocycles. The van der Waals surface area contributed by atoms with E-state index < -0.39 is 0 Å². The van der Waals surface area contributed by atoms with Gasteiger partial charge in [0.1, 0.15) is 11.0 Å². The molecule has 1 saturated carbocycles. The van der Waals surface area contributed by atoms with Crippen LogP contribution in [0.15, 0.2) is 6.07 Å². The zero-order valence-corrected chi connectivity index (χ0v) is 11.0. The van der Waals surface area contributed by atoms with Crippen LogP contribution in [0.25, 0.3) is 0 Å². The van der Waals surface area contributed by atoms with E-state index in [1.807, 2.05) is 6.07 Å². The molecule has 0 saturated heterocycles. The van der Waals surface area contributed by atoms with Gasteiger partial charge in [0.05, 0.1) is 0 Å². The minimum Gasteiger partial charge on any atom is -0.385 e. The second-order valence-corrected chi connectivity index (χ2v) is 5.00. The average molecular weight is 255 g/mol. The summed E-state index contributed by atoms with van der Waals surface area (Å²) in [5.41, 5.74) is 1.13. The lowest BCUT2D eigenvalue weighted by Crippen LogP contribution is -2.04. The van der Waals surface area contributed by atoms with Gasteiger partial charge in [-0.3, -0.25) is 0 Å². The number of rotatable bonds is 5. The Morgan fingerprint density at radius 2 is 2.12 bits per heavy atom. The lowest BCUT2D eigenvalue weighted by atomic mass is 10.0. The van der Waals surface area contributed by atoms with E-state index in [2.05, 4.69) is 9.97 Å². The molecular weight excluding hydrogens is 236 g/mol. The molecule has 1 aliphatic rings. The molecule has 0 bridgehead atoms. The summed E-state index contributed by atoms with van der Waals surface area (Å²) in [4.78, 5) is 8.91. The van der Waals surface area contributed by atoms with Crippen molar-refractivity contribution in [3.63, 3.8) is 0 Å². The molecule has 94 valence electrons. The molecule has 1 aromatic rings. The highest BCUT2D eigenvalue weighted by molar-refractivity contribution is 6.29. The lowest BCUT2D eigenvalue weighted by molar-refractivity contribution is 0.194. The van der Waals surface area contributed by atoms with E-state index in [1.165, 1.54) is 25.7 Å². The largest absolute Gasteiger partial charge is 0.385 e. The topological polar surface area (TPSA) is 35.0 Å². The van der Waals surface area contributed by atoms with Gasteiger partial charge in [0.2, 0.25) is 0 Å². The van der Waals surface area contributed by atoms with Gasteiger partial charge in [-0.1, -0.05) is 24.4 Å². The van der Waals surface area contributed by atoms with E-state index in [0.29, 0.717) is 11.1 Å². The van der Waals surface area contributed by atoms with Crippen molar-refractivity contribution in [1.29, 1.82) is 0 Å². The first kappa shape index (κ1) is 12.8. The molecule has 0 spiro atoms. The van der Waals surface area contributed by atoms with E-state index >= 15 is 0 Å². The molecule has 0 atom stereocenters. The lowest BCUT2D eigenvalue weighted by Gasteiger charge is -2.10. The standard InChI is InChI=1S/C13H19ClN2O/c1-17-8-4-7-13-15-11(9-12(14)16-13)10-5-2-3-6-10/h9-10H,2-8H2,1H3. The van der Waals surface area contributed by atoms with Crippen LogP contribution in [-0.2, 0) is 11.2 Å². The number of hydrogen-bond acceptors (Lipinski definition) is 3. The fourth-order valence-electron chi connectivity index (χ4n) is 2.40. The van der Waals surface area contributed by atoms with Gasteiger partial charge in [0.15, 0.2) is 0 Å². The van der Waals surface area contributed by atoms with Gasteiger partial charge >= 0.3 is 0 Å². The molecule has 0 amide bonds. The molecular formula is C13H19ClN2O. The molecule has 3 nitrogen and oxygen atoms in total. The third kappa shape index (κ3) is 3.65. The first-order valence-corrected chi connectivity index (χ1v) is 6.69. The summed E-state index contributed by atoms with van der Waals surface area (Å²) in [6.45, 7) is 0.745. The van der Waals surface area contributed by atoms with Crippen molar-refractivity contribution >= 4 is 11.6 Å². The molecule has 17 heavy (non-hydrogen) atoms. The van der Waals surface area contributed by atoms with Gasteiger partial charge in [0.25, 0.3) is 0 Å². The molecule has 1 aliphatic carbocycles. The predicted octanol–water partition coefficient (Wildman–Crippen LogP) is 3.37. The average Bonchev–Trinajstić information content (AvgIpc) is 2.82. The van der Waals surface area contributed by atoms with E-state index in [4.69, 9.17) is 16.3 Å². The summed E-state index contributed by atoms with van der Waals surface area (Å²) in [7, 11) is 1.71. The van der Waals surface area contributed by atoms with Gasteiger partial charge in [-0.2, -0.15) is 0 Å². The van der Waals surface area contributed by atoms with Crippen molar-refractivity contribution in [1.82, 2.24) is 9.97 Å². The zero-order valence-electron chi connectivity index (χ0n) is 10.3. The summed E-state index contributed by atoms with van der Waals surface area (Å²) in [6, 6.07) is 1.93. The van der Waals surface area contributed by atoms with Gasteiger partial charge in [-0.25, -0.2) is 9.97 Å². The Morgan fingerprint density at radius 3 is 2.82 bits per heavy atom. The number of aromatic nitrogens is 2. The SMILES string of the molecule is COCCCc1nc(Cl)cc(C2CCCC2)n1. The number of aryl methyl sites for hydroxylation is 1. The van der Waals surface area contributed by atoms with Gasteiger partial charge < -0.3 is 4.74 Å². The smallest absolute Gasteiger partial charge is 0.133 e.